The van der Waals surface area contributed by atoms with E-state index >= 15 is 0 Å². The number of halogens is 1. The van der Waals surface area contributed by atoms with E-state index in [0.717, 1.165) is 6.54 Å². The van der Waals surface area contributed by atoms with Crippen molar-refractivity contribution in [2.75, 3.05) is 6.54 Å². The summed E-state index contributed by atoms with van der Waals surface area (Å²) in [5, 5.41) is 2.73. The van der Waals surface area contributed by atoms with Crippen molar-refractivity contribution in [3.63, 3.8) is 0 Å². The molecule has 0 heterocycles. The number of nitrogens with one attached hydrogen (secondary N) is 1. The van der Waals surface area contributed by atoms with Crippen molar-refractivity contribution in [3.8, 4) is 0 Å². The number of hydrogen-bond donors (Lipinski definition) is 1. The van der Waals surface area contributed by atoms with Gasteiger partial charge in [0.15, 0.2) is 0 Å². The van der Waals surface area contributed by atoms with Gasteiger partial charge in [0.2, 0.25) is 5.91 Å². The zero-order valence-electron chi connectivity index (χ0n) is 6.23. The Hall–Kier alpha value is -0.310. The molecule has 0 aromatic carbocycles. The van der Waals surface area contributed by atoms with Gasteiger partial charge in [0.25, 0.3) is 0 Å². The molecule has 1 N–H and O–H groups in total. The maximum atomic E-state index is 10.7. The Morgan fingerprint density at radius 2 is 2.30 bits per heavy atom. The predicted molar refractivity (Wildman–Crippen MR) is 45.9 cm³/mol. The van der Waals surface area contributed by atoms with Gasteiger partial charge in [-0.2, -0.15) is 0 Å². The van der Waals surface area contributed by atoms with E-state index in [1.54, 1.807) is 4.99 Å². The molecule has 0 aromatic rings. The maximum Gasteiger partial charge on any atom is 0.244 e. The molecule has 0 spiro atoms. The van der Waals surface area contributed by atoms with Crippen LogP contribution in [-0.2, 0) is 4.79 Å². The SMILES string of the molecule is CC(C)CNC(=O)C=CBr. The van der Waals surface area contributed by atoms with Crippen LogP contribution < -0.4 is 5.32 Å². The van der Waals surface area contributed by atoms with Gasteiger partial charge in [0.05, 0.1) is 0 Å². The molecule has 3 heteroatoms. The average Bonchev–Trinajstić information content (AvgIpc) is 1.85. The Morgan fingerprint density at radius 1 is 1.70 bits per heavy atom. The summed E-state index contributed by atoms with van der Waals surface area (Å²) in [6, 6.07) is 0. The predicted octanol–water partition coefficient (Wildman–Crippen LogP) is 1.67. The van der Waals surface area contributed by atoms with Crippen LogP contribution in [-0.4, -0.2) is 12.5 Å². The summed E-state index contributed by atoms with van der Waals surface area (Å²) in [6.07, 6.45) is 1.45. The lowest BCUT2D eigenvalue weighted by molar-refractivity contribution is -0.116. The highest BCUT2D eigenvalue weighted by atomic mass is 79.9. The lowest BCUT2D eigenvalue weighted by Crippen LogP contribution is -2.25. The molecule has 0 atom stereocenters. The van der Waals surface area contributed by atoms with Gasteiger partial charge >= 0.3 is 0 Å². The molecule has 0 aliphatic heterocycles. The van der Waals surface area contributed by atoms with Crippen LogP contribution in [0.4, 0.5) is 0 Å². The van der Waals surface area contributed by atoms with Gasteiger partial charge in [-0.05, 0) is 10.9 Å². The summed E-state index contributed by atoms with van der Waals surface area (Å²) in [7, 11) is 0. The third kappa shape index (κ3) is 5.82. The van der Waals surface area contributed by atoms with Crippen LogP contribution >= 0.6 is 15.9 Å². The summed E-state index contributed by atoms with van der Waals surface area (Å²) < 4.78 is 0. The standard InChI is InChI=1S/C7H12BrNO/c1-6(2)5-9-7(10)3-4-8/h3-4,6H,5H2,1-2H3,(H,9,10). The second-order valence-electron chi connectivity index (χ2n) is 2.43. The van der Waals surface area contributed by atoms with Gasteiger partial charge in [-0.3, -0.25) is 4.79 Å². The molecule has 0 fully saturated rings. The maximum absolute atomic E-state index is 10.7. The molecular weight excluding hydrogens is 194 g/mol. The first-order valence-corrected chi connectivity index (χ1v) is 4.13. The largest absolute Gasteiger partial charge is 0.352 e. The number of hydrogen-bond acceptors (Lipinski definition) is 1. The molecule has 0 saturated heterocycles. The molecule has 0 rings (SSSR count). The highest BCUT2D eigenvalue weighted by Crippen LogP contribution is 1.87. The molecule has 10 heavy (non-hydrogen) atoms. The first-order chi connectivity index (χ1) is 4.66. The van der Waals surface area contributed by atoms with Gasteiger partial charge in [0, 0.05) is 12.6 Å². The van der Waals surface area contributed by atoms with Gasteiger partial charge < -0.3 is 5.32 Å². The van der Waals surface area contributed by atoms with Gasteiger partial charge in [0.1, 0.15) is 0 Å². The number of carbonyl (C=O) groups excluding carboxylic acids is 1. The van der Waals surface area contributed by atoms with Crippen LogP contribution in [0, 0.1) is 5.92 Å². The lowest BCUT2D eigenvalue weighted by Gasteiger charge is -2.03. The second-order valence-corrected chi connectivity index (χ2v) is 2.96. The minimum absolute atomic E-state index is 0.0504. The third-order valence-electron chi connectivity index (χ3n) is 0.899. The summed E-state index contributed by atoms with van der Waals surface area (Å²) in [6.45, 7) is 4.84. The molecule has 0 aliphatic rings. The highest BCUT2D eigenvalue weighted by molar-refractivity contribution is 9.11. The monoisotopic (exact) mass is 205 g/mol. The summed E-state index contributed by atoms with van der Waals surface area (Å²) in [5.41, 5.74) is 0. The molecule has 1 amide bonds. The van der Waals surface area contributed by atoms with Crippen LogP contribution in [0.3, 0.4) is 0 Å². The Kier molecular flexibility index (Phi) is 5.30. The van der Waals surface area contributed by atoms with Gasteiger partial charge in [-0.25, -0.2) is 0 Å². The van der Waals surface area contributed by atoms with Crippen molar-refractivity contribution in [2.24, 2.45) is 5.92 Å². The fourth-order valence-electron chi connectivity index (χ4n) is 0.421. The van der Waals surface area contributed by atoms with Crippen LogP contribution in [0.2, 0.25) is 0 Å². The van der Waals surface area contributed by atoms with E-state index in [2.05, 4.69) is 35.1 Å². The summed E-state index contributed by atoms with van der Waals surface area (Å²) >= 11 is 3.02. The molecular formula is C7H12BrNO. The Balaban J connectivity index is 3.40. The van der Waals surface area contributed by atoms with Crippen LogP contribution in [0.25, 0.3) is 0 Å². The molecule has 0 aliphatic carbocycles. The number of amides is 1. The van der Waals surface area contributed by atoms with E-state index in [-0.39, 0.29) is 5.91 Å². The summed E-state index contributed by atoms with van der Waals surface area (Å²) in [5.74, 6) is 0.457. The topological polar surface area (TPSA) is 29.1 Å². The molecule has 0 saturated carbocycles. The zero-order valence-corrected chi connectivity index (χ0v) is 7.81. The molecule has 0 aromatic heterocycles. The summed E-state index contributed by atoms with van der Waals surface area (Å²) in [4.78, 5) is 12.3. The minimum atomic E-state index is -0.0504. The molecule has 0 unspecified atom stereocenters. The minimum Gasteiger partial charge on any atom is -0.352 e. The second kappa shape index (κ2) is 5.47. The van der Waals surface area contributed by atoms with E-state index in [9.17, 15) is 4.79 Å². The average molecular weight is 206 g/mol. The number of rotatable bonds is 3. The van der Waals surface area contributed by atoms with Crippen molar-refractivity contribution in [1.29, 1.82) is 0 Å². The Morgan fingerprint density at radius 3 is 2.70 bits per heavy atom. The van der Waals surface area contributed by atoms with E-state index in [0.29, 0.717) is 5.92 Å². The first kappa shape index (κ1) is 9.69. The van der Waals surface area contributed by atoms with Crippen molar-refractivity contribution < 1.29 is 4.79 Å². The first-order valence-electron chi connectivity index (χ1n) is 3.21. The van der Waals surface area contributed by atoms with Crippen molar-refractivity contribution in [3.05, 3.63) is 11.1 Å². The number of carbonyl (C=O) groups is 1. The highest BCUT2D eigenvalue weighted by Gasteiger charge is 1.95. The van der Waals surface area contributed by atoms with E-state index in [4.69, 9.17) is 0 Å². The Labute approximate surface area is 69.8 Å². The smallest absolute Gasteiger partial charge is 0.244 e. The lowest BCUT2D eigenvalue weighted by atomic mass is 10.2. The van der Waals surface area contributed by atoms with Gasteiger partial charge in [-0.1, -0.05) is 29.8 Å². The zero-order chi connectivity index (χ0) is 7.98. The molecule has 2 nitrogen and oxygen atoms in total. The Bertz CT molecular complexity index is 132. The van der Waals surface area contributed by atoms with Crippen LogP contribution in [0.1, 0.15) is 13.8 Å². The fraction of sp³-hybridized carbons (Fsp3) is 0.571. The molecule has 58 valence electrons. The van der Waals surface area contributed by atoms with Gasteiger partial charge in [-0.15, -0.1) is 0 Å². The van der Waals surface area contributed by atoms with Crippen molar-refractivity contribution in [2.45, 2.75) is 13.8 Å². The van der Waals surface area contributed by atoms with Crippen LogP contribution in [0.5, 0.6) is 0 Å². The molecule has 0 radical (unpaired) electrons. The van der Waals surface area contributed by atoms with E-state index in [1.807, 2.05) is 0 Å². The third-order valence-corrected chi connectivity index (χ3v) is 1.16. The van der Waals surface area contributed by atoms with Crippen molar-refractivity contribution >= 4 is 21.8 Å². The normalized spacial score (nSPS) is 10.8. The quantitative estimate of drug-likeness (QED) is 0.699. The fourth-order valence-corrected chi connectivity index (χ4v) is 0.661. The van der Waals surface area contributed by atoms with E-state index in [1.165, 1.54) is 6.08 Å². The molecule has 0 bridgehead atoms. The van der Waals surface area contributed by atoms with Crippen LogP contribution in [0.15, 0.2) is 11.1 Å². The van der Waals surface area contributed by atoms with E-state index < -0.39 is 0 Å². The van der Waals surface area contributed by atoms with Crippen molar-refractivity contribution in [1.82, 2.24) is 5.32 Å².